The van der Waals surface area contributed by atoms with Crippen LogP contribution in [0.5, 0.6) is 0 Å². The van der Waals surface area contributed by atoms with Crippen LogP contribution in [0.1, 0.15) is 48.3 Å². The van der Waals surface area contributed by atoms with Crippen molar-refractivity contribution in [3.8, 4) is 0 Å². The number of hydrogen-bond donors (Lipinski definition) is 1. The maximum absolute atomic E-state index is 4.32. The fourth-order valence-corrected chi connectivity index (χ4v) is 3.08. The average Bonchev–Trinajstić information content (AvgIpc) is 2.81. The Bertz CT molecular complexity index is 569. The normalized spacial score (nSPS) is 11.8. The van der Waals surface area contributed by atoms with E-state index in [0.717, 1.165) is 35.8 Å². The Labute approximate surface area is 131 Å². The minimum atomic E-state index is 0.192. The monoisotopic (exact) mass is 303 g/mol. The molecular weight excluding hydrogens is 278 g/mol. The van der Waals surface area contributed by atoms with Crippen LogP contribution in [0.15, 0.2) is 24.3 Å². The maximum Gasteiger partial charge on any atom is 0.121 e. The van der Waals surface area contributed by atoms with Crippen molar-refractivity contribution < 1.29 is 0 Å². The molecule has 0 bridgehead atoms. The molecule has 0 aliphatic carbocycles. The molecule has 0 amide bonds. The zero-order valence-electron chi connectivity index (χ0n) is 13.4. The highest BCUT2D eigenvalue weighted by Crippen LogP contribution is 2.16. The van der Waals surface area contributed by atoms with Gasteiger partial charge in [-0.15, -0.1) is 21.5 Å². The molecule has 2 aromatic rings. The van der Waals surface area contributed by atoms with E-state index >= 15 is 0 Å². The SMILES string of the molecule is Cc1cccc(Cc2nnc(CCCNC(C)(C)C)s2)c1. The van der Waals surface area contributed by atoms with Crippen molar-refractivity contribution >= 4 is 11.3 Å². The molecule has 3 nitrogen and oxygen atoms in total. The standard InChI is InChI=1S/C17H25N3S/c1-13-7-5-8-14(11-13)12-16-20-19-15(21-16)9-6-10-18-17(2,3)4/h5,7-8,11,18H,6,9-10,12H2,1-4H3. The van der Waals surface area contributed by atoms with Gasteiger partial charge in [-0.3, -0.25) is 0 Å². The number of aromatic nitrogens is 2. The molecule has 1 aromatic heterocycles. The van der Waals surface area contributed by atoms with Crippen molar-refractivity contribution in [2.24, 2.45) is 0 Å². The van der Waals surface area contributed by atoms with E-state index in [0.29, 0.717) is 0 Å². The van der Waals surface area contributed by atoms with Crippen molar-refractivity contribution in [2.45, 2.75) is 52.5 Å². The van der Waals surface area contributed by atoms with Gasteiger partial charge in [0.1, 0.15) is 10.0 Å². The third-order valence-electron chi connectivity index (χ3n) is 3.17. The van der Waals surface area contributed by atoms with Gasteiger partial charge >= 0.3 is 0 Å². The molecule has 1 N–H and O–H groups in total. The van der Waals surface area contributed by atoms with Gasteiger partial charge in [-0.2, -0.15) is 0 Å². The second kappa shape index (κ2) is 7.14. The Morgan fingerprint density at radius 3 is 2.62 bits per heavy atom. The molecule has 0 atom stereocenters. The predicted octanol–water partition coefficient (Wildman–Crippen LogP) is 3.76. The maximum atomic E-state index is 4.32. The highest BCUT2D eigenvalue weighted by molar-refractivity contribution is 7.11. The van der Waals surface area contributed by atoms with E-state index in [4.69, 9.17) is 0 Å². The van der Waals surface area contributed by atoms with Gasteiger partial charge in [-0.05, 0) is 46.2 Å². The summed E-state index contributed by atoms with van der Waals surface area (Å²) in [5, 5.41) is 14.4. The summed E-state index contributed by atoms with van der Waals surface area (Å²) < 4.78 is 0. The molecule has 21 heavy (non-hydrogen) atoms. The van der Waals surface area contributed by atoms with Crippen LogP contribution in [-0.2, 0) is 12.8 Å². The molecule has 0 aliphatic heterocycles. The molecule has 0 aliphatic rings. The lowest BCUT2D eigenvalue weighted by Crippen LogP contribution is -2.36. The molecule has 2 rings (SSSR count). The van der Waals surface area contributed by atoms with E-state index in [1.165, 1.54) is 11.1 Å². The molecule has 0 saturated heterocycles. The Balaban J connectivity index is 1.81. The number of nitrogens with one attached hydrogen (secondary N) is 1. The second-order valence-electron chi connectivity index (χ2n) is 6.54. The van der Waals surface area contributed by atoms with Gasteiger partial charge in [-0.1, -0.05) is 29.8 Å². The Morgan fingerprint density at radius 1 is 1.14 bits per heavy atom. The van der Waals surface area contributed by atoms with Crippen LogP contribution < -0.4 is 5.32 Å². The third kappa shape index (κ3) is 5.94. The first-order chi connectivity index (χ1) is 9.92. The molecule has 114 valence electrons. The highest BCUT2D eigenvalue weighted by atomic mass is 32.1. The quantitative estimate of drug-likeness (QED) is 0.826. The first kappa shape index (κ1) is 16.1. The summed E-state index contributed by atoms with van der Waals surface area (Å²) in [6, 6.07) is 8.59. The molecule has 0 saturated carbocycles. The summed E-state index contributed by atoms with van der Waals surface area (Å²) in [6.07, 6.45) is 3.00. The lowest BCUT2D eigenvalue weighted by atomic mass is 10.1. The topological polar surface area (TPSA) is 37.8 Å². The summed E-state index contributed by atoms with van der Waals surface area (Å²) >= 11 is 1.74. The fourth-order valence-electron chi connectivity index (χ4n) is 2.16. The van der Waals surface area contributed by atoms with Crippen molar-refractivity contribution in [3.63, 3.8) is 0 Å². The van der Waals surface area contributed by atoms with E-state index in [1.54, 1.807) is 11.3 Å². The zero-order valence-corrected chi connectivity index (χ0v) is 14.3. The van der Waals surface area contributed by atoms with E-state index in [-0.39, 0.29) is 5.54 Å². The van der Waals surface area contributed by atoms with E-state index in [2.05, 4.69) is 67.5 Å². The van der Waals surface area contributed by atoms with Crippen molar-refractivity contribution in [1.82, 2.24) is 15.5 Å². The van der Waals surface area contributed by atoms with Crippen molar-refractivity contribution in [1.29, 1.82) is 0 Å². The summed E-state index contributed by atoms with van der Waals surface area (Å²) in [4.78, 5) is 0. The fraction of sp³-hybridized carbons (Fsp3) is 0.529. The number of aryl methyl sites for hydroxylation is 2. The minimum Gasteiger partial charge on any atom is -0.312 e. The van der Waals surface area contributed by atoms with Gasteiger partial charge in [-0.25, -0.2) is 0 Å². The molecule has 0 fully saturated rings. The van der Waals surface area contributed by atoms with Gasteiger partial charge in [0, 0.05) is 18.4 Å². The minimum absolute atomic E-state index is 0.192. The summed E-state index contributed by atoms with van der Waals surface area (Å²) in [5.41, 5.74) is 2.80. The van der Waals surface area contributed by atoms with Crippen LogP contribution >= 0.6 is 11.3 Å². The van der Waals surface area contributed by atoms with Crippen LogP contribution in [0.2, 0.25) is 0 Å². The number of hydrogen-bond acceptors (Lipinski definition) is 4. The molecule has 1 aromatic carbocycles. The Morgan fingerprint density at radius 2 is 1.90 bits per heavy atom. The van der Waals surface area contributed by atoms with Crippen molar-refractivity contribution in [2.75, 3.05) is 6.54 Å². The first-order valence-electron chi connectivity index (χ1n) is 7.54. The molecule has 0 radical (unpaired) electrons. The van der Waals surface area contributed by atoms with E-state index < -0.39 is 0 Å². The zero-order chi connectivity index (χ0) is 15.3. The summed E-state index contributed by atoms with van der Waals surface area (Å²) in [6.45, 7) is 9.72. The first-order valence-corrected chi connectivity index (χ1v) is 8.36. The molecule has 4 heteroatoms. The molecule has 0 unspecified atom stereocenters. The Kier molecular flexibility index (Phi) is 5.48. The molecule has 1 heterocycles. The van der Waals surface area contributed by atoms with Crippen LogP contribution in [0, 0.1) is 6.92 Å². The van der Waals surface area contributed by atoms with Gasteiger partial charge < -0.3 is 5.32 Å². The van der Waals surface area contributed by atoms with Crippen LogP contribution in [0.25, 0.3) is 0 Å². The summed E-state index contributed by atoms with van der Waals surface area (Å²) in [5.74, 6) is 0. The lowest BCUT2D eigenvalue weighted by molar-refractivity contribution is 0.422. The predicted molar refractivity (Wildman–Crippen MR) is 90.0 cm³/mol. The average molecular weight is 303 g/mol. The van der Waals surface area contributed by atoms with Gasteiger partial charge in [0.05, 0.1) is 0 Å². The molecular formula is C17H25N3S. The van der Waals surface area contributed by atoms with Gasteiger partial charge in [0.25, 0.3) is 0 Å². The van der Waals surface area contributed by atoms with Gasteiger partial charge in [0.2, 0.25) is 0 Å². The van der Waals surface area contributed by atoms with E-state index in [1.807, 2.05) is 0 Å². The van der Waals surface area contributed by atoms with E-state index in [9.17, 15) is 0 Å². The smallest absolute Gasteiger partial charge is 0.121 e. The van der Waals surface area contributed by atoms with Crippen LogP contribution in [-0.4, -0.2) is 22.3 Å². The number of nitrogens with zero attached hydrogens (tertiary/aromatic N) is 2. The number of benzene rings is 1. The van der Waals surface area contributed by atoms with Crippen LogP contribution in [0.3, 0.4) is 0 Å². The van der Waals surface area contributed by atoms with Crippen molar-refractivity contribution in [3.05, 3.63) is 45.4 Å². The lowest BCUT2D eigenvalue weighted by Gasteiger charge is -2.20. The third-order valence-corrected chi connectivity index (χ3v) is 4.15. The van der Waals surface area contributed by atoms with Crippen LogP contribution in [0.4, 0.5) is 0 Å². The largest absolute Gasteiger partial charge is 0.312 e. The number of rotatable bonds is 6. The second-order valence-corrected chi connectivity index (χ2v) is 7.68. The highest BCUT2D eigenvalue weighted by Gasteiger charge is 2.09. The Hall–Kier alpha value is -1.26. The summed E-state index contributed by atoms with van der Waals surface area (Å²) in [7, 11) is 0. The van der Waals surface area contributed by atoms with Gasteiger partial charge in [0.15, 0.2) is 0 Å². The molecule has 0 spiro atoms.